The van der Waals surface area contributed by atoms with Crippen LogP contribution < -0.4 is 15.9 Å². The molecule has 3 aromatic carbocycles. The number of unbranched alkanes of at least 4 members (excludes halogenated alkanes) is 2. The minimum absolute atomic E-state index is 0.580. The normalized spacial score (nSPS) is 11.0. The van der Waals surface area contributed by atoms with Crippen molar-refractivity contribution in [3.63, 3.8) is 0 Å². The second-order valence-electron chi connectivity index (χ2n) is 6.06. The van der Waals surface area contributed by atoms with Gasteiger partial charge in [0.1, 0.15) is 15.9 Å². The Morgan fingerprint density at radius 1 is 0.654 bits per heavy atom. The lowest BCUT2D eigenvalue weighted by molar-refractivity contribution is 0.342. The molecule has 3 heteroatoms. The monoisotopic (exact) mass is 360 g/mol. The summed E-state index contributed by atoms with van der Waals surface area (Å²) in [5.41, 5.74) is 0. The van der Waals surface area contributed by atoms with Crippen molar-refractivity contribution in [2.75, 3.05) is 6.61 Å². The molecule has 3 aromatic rings. The number of hydrogen-bond donors (Lipinski definition) is 0. The smallest absolute Gasteiger partial charge is 0.222 e. The van der Waals surface area contributed by atoms with Crippen LogP contribution in [0.5, 0.6) is 0 Å². The lowest BCUT2D eigenvalue weighted by Gasteiger charge is -2.25. The molecule has 0 fully saturated rings. The van der Waals surface area contributed by atoms with E-state index in [1.54, 1.807) is 0 Å². The fraction of sp³-hybridized carbons (Fsp3) is 0.174. The number of rotatable bonds is 8. The molecule has 26 heavy (non-hydrogen) atoms. The zero-order chi connectivity index (χ0) is 18.1. The van der Waals surface area contributed by atoms with Gasteiger partial charge in [0.15, 0.2) is 0 Å². The molecule has 130 valence electrons. The Morgan fingerprint density at radius 3 is 1.46 bits per heavy atom. The second kappa shape index (κ2) is 9.30. The van der Waals surface area contributed by atoms with E-state index in [1.165, 1.54) is 15.9 Å². The van der Waals surface area contributed by atoms with E-state index in [1.807, 2.05) is 18.2 Å². The SMILES string of the molecule is N#CCCCCO[P+](c1ccccc1)(c1ccccc1)c1ccccc1. The summed E-state index contributed by atoms with van der Waals surface area (Å²) in [6.45, 7) is 0.647. The first-order valence-electron chi connectivity index (χ1n) is 8.95. The van der Waals surface area contributed by atoms with Crippen molar-refractivity contribution in [1.82, 2.24) is 0 Å². The van der Waals surface area contributed by atoms with Gasteiger partial charge in [0.25, 0.3) is 0 Å². The standard InChI is InChI=1S/C23H23NOP/c24-19-11-4-12-20-25-26(21-13-5-1-6-14-21,22-15-7-2-8-16-22)23-17-9-3-10-18-23/h1-3,5-10,13-18H,4,11-12,20H2/q+1. The van der Waals surface area contributed by atoms with Gasteiger partial charge in [-0.2, -0.15) is 5.26 Å². The molecule has 0 saturated carbocycles. The summed E-state index contributed by atoms with van der Waals surface area (Å²) >= 11 is 0. The van der Waals surface area contributed by atoms with Gasteiger partial charge in [-0.05, 0) is 49.2 Å². The molecule has 0 bridgehead atoms. The maximum atomic E-state index is 8.78. The average Bonchev–Trinajstić information content (AvgIpc) is 2.73. The first kappa shape index (κ1) is 18.3. The molecular formula is C23H23NOP+. The predicted molar refractivity (Wildman–Crippen MR) is 111 cm³/mol. The van der Waals surface area contributed by atoms with Gasteiger partial charge in [-0.3, -0.25) is 0 Å². The van der Waals surface area contributed by atoms with Crippen molar-refractivity contribution in [2.24, 2.45) is 0 Å². The molecule has 0 aliphatic carbocycles. The van der Waals surface area contributed by atoms with E-state index < -0.39 is 7.49 Å². The summed E-state index contributed by atoms with van der Waals surface area (Å²) in [5.74, 6) is 0. The summed E-state index contributed by atoms with van der Waals surface area (Å²) < 4.78 is 6.74. The third kappa shape index (κ3) is 4.02. The van der Waals surface area contributed by atoms with E-state index in [2.05, 4.69) is 78.9 Å². The quantitative estimate of drug-likeness (QED) is 0.434. The van der Waals surface area contributed by atoms with Crippen molar-refractivity contribution >= 4 is 23.4 Å². The van der Waals surface area contributed by atoms with Crippen LogP contribution in [0.3, 0.4) is 0 Å². The molecule has 0 radical (unpaired) electrons. The van der Waals surface area contributed by atoms with Crippen LogP contribution in [0, 0.1) is 11.3 Å². The number of hydrogen-bond acceptors (Lipinski definition) is 2. The van der Waals surface area contributed by atoms with E-state index in [9.17, 15) is 0 Å². The first-order chi connectivity index (χ1) is 12.9. The van der Waals surface area contributed by atoms with Crippen LogP contribution >= 0.6 is 7.49 Å². The van der Waals surface area contributed by atoms with Crippen LogP contribution in [0.1, 0.15) is 19.3 Å². The van der Waals surface area contributed by atoms with Gasteiger partial charge >= 0.3 is 0 Å². The number of nitriles is 1. The summed E-state index contributed by atoms with van der Waals surface area (Å²) in [4.78, 5) is 0. The second-order valence-corrected chi connectivity index (χ2v) is 9.09. The van der Waals surface area contributed by atoms with Crippen LogP contribution in [-0.2, 0) is 4.52 Å². The van der Waals surface area contributed by atoms with Gasteiger partial charge in [-0.25, -0.2) is 4.52 Å². The summed E-state index contributed by atoms with van der Waals surface area (Å²) in [5, 5.41) is 12.4. The lowest BCUT2D eigenvalue weighted by atomic mass is 10.3. The third-order valence-corrected chi connectivity index (χ3v) is 7.97. The van der Waals surface area contributed by atoms with Gasteiger partial charge < -0.3 is 0 Å². The molecule has 0 saturated heterocycles. The van der Waals surface area contributed by atoms with E-state index in [-0.39, 0.29) is 0 Å². The molecule has 0 spiro atoms. The Balaban J connectivity index is 2.07. The number of benzene rings is 3. The number of nitrogens with zero attached hydrogens (tertiary/aromatic N) is 1. The lowest BCUT2D eigenvalue weighted by Crippen LogP contribution is -2.33. The van der Waals surface area contributed by atoms with Crippen molar-refractivity contribution in [3.05, 3.63) is 91.0 Å². The van der Waals surface area contributed by atoms with Crippen molar-refractivity contribution < 1.29 is 4.52 Å². The van der Waals surface area contributed by atoms with Crippen molar-refractivity contribution in [3.8, 4) is 6.07 Å². The zero-order valence-corrected chi connectivity index (χ0v) is 15.7. The zero-order valence-electron chi connectivity index (χ0n) is 14.8. The predicted octanol–water partition coefficient (Wildman–Crippen LogP) is 4.61. The molecule has 0 aliphatic rings. The molecule has 0 N–H and O–H groups in total. The third-order valence-electron chi connectivity index (χ3n) is 4.33. The Bertz CT molecular complexity index is 732. The maximum Gasteiger partial charge on any atom is 0.242 e. The fourth-order valence-corrected chi connectivity index (χ4v) is 6.61. The minimum atomic E-state index is -2.18. The fourth-order valence-electron chi connectivity index (χ4n) is 3.09. The highest BCUT2D eigenvalue weighted by Gasteiger charge is 2.47. The van der Waals surface area contributed by atoms with Crippen molar-refractivity contribution in [2.45, 2.75) is 19.3 Å². The maximum absolute atomic E-state index is 8.78. The summed E-state index contributed by atoms with van der Waals surface area (Å²) in [7, 11) is -2.18. The van der Waals surface area contributed by atoms with Gasteiger partial charge in [-0.1, -0.05) is 54.6 Å². The molecule has 2 nitrogen and oxygen atoms in total. The van der Waals surface area contributed by atoms with Gasteiger partial charge in [0.05, 0.1) is 12.7 Å². The first-order valence-corrected chi connectivity index (χ1v) is 10.7. The highest BCUT2D eigenvalue weighted by Crippen LogP contribution is 2.56. The van der Waals surface area contributed by atoms with Gasteiger partial charge in [0.2, 0.25) is 7.49 Å². The Kier molecular flexibility index (Phi) is 6.56. The van der Waals surface area contributed by atoms with Crippen LogP contribution in [0.15, 0.2) is 91.0 Å². The van der Waals surface area contributed by atoms with Gasteiger partial charge in [-0.15, -0.1) is 0 Å². The van der Waals surface area contributed by atoms with Crippen LogP contribution in [0.4, 0.5) is 0 Å². The van der Waals surface area contributed by atoms with E-state index in [4.69, 9.17) is 9.79 Å². The van der Waals surface area contributed by atoms with Crippen LogP contribution in [0.25, 0.3) is 0 Å². The average molecular weight is 360 g/mol. The minimum Gasteiger partial charge on any atom is -0.222 e. The molecule has 0 unspecified atom stereocenters. The molecule has 0 atom stereocenters. The van der Waals surface area contributed by atoms with E-state index in [0.717, 1.165) is 12.8 Å². The largest absolute Gasteiger partial charge is 0.242 e. The van der Waals surface area contributed by atoms with E-state index in [0.29, 0.717) is 13.0 Å². The molecular weight excluding hydrogens is 337 g/mol. The molecule has 0 amide bonds. The molecule has 0 heterocycles. The summed E-state index contributed by atoms with van der Waals surface area (Å²) in [6, 6.07) is 33.8. The molecule has 0 aliphatic heterocycles. The van der Waals surface area contributed by atoms with E-state index >= 15 is 0 Å². The van der Waals surface area contributed by atoms with Crippen LogP contribution in [0.2, 0.25) is 0 Å². The Morgan fingerprint density at radius 2 is 1.08 bits per heavy atom. The highest BCUT2D eigenvalue weighted by atomic mass is 31.2. The molecule has 0 aromatic heterocycles. The Hall–Kier alpha value is -2.46. The molecule has 3 rings (SSSR count). The summed E-state index contributed by atoms with van der Waals surface area (Å²) in [6.07, 6.45) is 2.34. The topological polar surface area (TPSA) is 33.0 Å². The highest BCUT2D eigenvalue weighted by molar-refractivity contribution is 7.91. The van der Waals surface area contributed by atoms with Crippen LogP contribution in [-0.4, -0.2) is 6.61 Å². The van der Waals surface area contributed by atoms with Gasteiger partial charge in [0, 0.05) is 6.42 Å². The Labute approximate surface area is 156 Å². The van der Waals surface area contributed by atoms with Crippen molar-refractivity contribution in [1.29, 1.82) is 5.26 Å².